The lowest BCUT2D eigenvalue weighted by atomic mass is 10.1. The average molecular weight is 308 g/mol. The van der Waals surface area contributed by atoms with Gasteiger partial charge in [-0.2, -0.15) is 0 Å². The number of aliphatic imine (C=N–C) groups is 1. The van der Waals surface area contributed by atoms with E-state index in [9.17, 15) is 0 Å². The minimum atomic E-state index is 0.474. The second-order valence-corrected chi connectivity index (χ2v) is 5.31. The Bertz CT molecular complexity index is 643. The lowest BCUT2D eigenvalue weighted by Crippen LogP contribution is -1.89. The molecule has 0 N–H and O–H groups in total. The van der Waals surface area contributed by atoms with Crippen molar-refractivity contribution in [3.8, 4) is 5.75 Å². The van der Waals surface area contributed by atoms with Crippen LogP contribution >= 0.6 is 23.2 Å². The second-order valence-electron chi connectivity index (χ2n) is 4.50. The number of aryl methyl sites for hydroxylation is 1. The Labute approximate surface area is 129 Å². The van der Waals surface area contributed by atoms with Gasteiger partial charge >= 0.3 is 0 Å². The summed E-state index contributed by atoms with van der Waals surface area (Å²) < 4.78 is 5.12. The molecule has 0 aliphatic carbocycles. The Morgan fingerprint density at radius 3 is 2.35 bits per heavy atom. The predicted molar refractivity (Wildman–Crippen MR) is 86.2 cm³/mol. The summed E-state index contributed by atoms with van der Waals surface area (Å²) in [6, 6.07) is 9.59. The molecule has 0 aliphatic rings. The Hall–Kier alpha value is -1.51. The summed E-state index contributed by atoms with van der Waals surface area (Å²) in [5, 5.41) is 0.949. The van der Waals surface area contributed by atoms with Gasteiger partial charge in [-0.3, -0.25) is 4.99 Å². The van der Waals surface area contributed by atoms with E-state index in [2.05, 4.69) is 24.9 Å². The van der Waals surface area contributed by atoms with E-state index in [4.69, 9.17) is 27.9 Å². The number of rotatable bonds is 3. The highest BCUT2D eigenvalue weighted by molar-refractivity contribution is 6.37. The molecule has 2 rings (SSSR count). The van der Waals surface area contributed by atoms with Crippen LogP contribution in [0.4, 0.5) is 5.69 Å². The Morgan fingerprint density at radius 1 is 1.10 bits per heavy atom. The Balaban J connectivity index is 2.35. The predicted octanol–water partition coefficient (Wildman–Crippen LogP) is 5.37. The molecule has 0 fully saturated rings. The first-order chi connectivity index (χ1) is 9.52. The fraction of sp³-hybridized carbons (Fsp3) is 0.188. The van der Waals surface area contributed by atoms with Crippen LogP contribution in [-0.2, 0) is 0 Å². The molecule has 4 heteroatoms. The van der Waals surface area contributed by atoms with Crippen LogP contribution in [0.1, 0.15) is 16.7 Å². The normalized spacial score (nSPS) is 11.1. The highest BCUT2D eigenvalue weighted by Crippen LogP contribution is 2.33. The summed E-state index contributed by atoms with van der Waals surface area (Å²) in [4.78, 5) is 4.49. The van der Waals surface area contributed by atoms with Crippen molar-refractivity contribution in [2.75, 3.05) is 7.11 Å². The SMILES string of the molecule is COc1c(Cl)cc(C=Nc2cccc(C)c2C)cc1Cl. The maximum atomic E-state index is 6.10. The largest absolute Gasteiger partial charge is 0.494 e. The van der Waals surface area contributed by atoms with Gasteiger partial charge in [0.2, 0.25) is 0 Å². The van der Waals surface area contributed by atoms with Crippen molar-refractivity contribution in [2.45, 2.75) is 13.8 Å². The van der Waals surface area contributed by atoms with Gasteiger partial charge in [-0.1, -0.05) is 35.3 Å². The van der Waals surface area contributed by atoms with E-state index in [1.165, 1.54) is 12.7 Å². The number of nitrogens with zero attached hydrogens (tertiary/aromatic N) is 1. The number of ether oxygens (including phenoxy) is 1. The van der Waals surface area contributed by atoms with E-state index in [1.54, 1.807) is 18.3 Å². The van der Waals surface area contributed by atoms with Crippen molar-refractivity contribution < 1.29 is 4.74 Å². The van der Waals surface area contributed by atoms with E-state index < -0.39 is 0 Å². The molecule has 2 aromatic carbocycles. The van der Waals surface area contributed by atoms with Gasteiger partial charge in [0, 0.05) is 6.21 Å². The van der Waals surface area contributed by atoms with Crippen molar-refractivity contribution in [1.29, 1.82) is 0 Å². The van der Waals surface area contributed by atoms with Crippen molar-refractivity contribution in [3.05, 3.63) is 57.1 Å². The highest BCUT2D eigenvalue weighted by atomic mass is 35.5. The quantitative estimate of drug-likeness (QED) is 0.699. The van der Waals surface area contributed by atoms with Gasteiger partial charge in [0.05, 0.1) is 22.8 Å². The summed E-state index contributed by atoms with van der Waals surface area (Å²) in [7, 11) is 1.54. The van der Waals surface area contributed by atoms with E-state index in [-0.39, 0.29) is 0 Å². The molecule has 0 heterocycles. The molecule has 0 radical (unpaired) electrons. The first kappa shape index (κ1) is 14.9. The van der Waals surface area contributed by atoms with Crippen molar-refractivity contribution >= 4 is 35.1 Å². The molecular formula is C16H15Cl2NO. The number of hydrogen-bond acceptors (Lipinski definition) is 2. The van der Waals surface area contributed by atoms with E-state index in [0.29, 0.717) is 15.8 Å². The number of halogens is 2. The molecule has 2 nitrogen and oxygen atoms in total. The minimum absolute atomic E-state index is 0.474. The standard InChI is InChI=1S/C16H15Cl2NO/c1-10-5-4-6-15(11(10)2)19-9-12-7-13(17)16(20-3)14(18)8-12/h4-9H,1-3H3. The lowest BCUT2D eigenvalue weighted by Gasteiger charge is -2.07. The van der Waals surface area contributed by atoms with Gasteiger partial charge in [-0.15, -0.1) is 0 Å². The highest BCUT2D eigenvalue weighted by Gasteiger charge is 2.07. The van der Waals surface area contributed by atoms with Crippen LogP contribution in [0.15, 0.2) is 35.3 Å². The van der Waals surface area contributed by atoms with Gasteiger partial charge in [0.25, 0.3) is 0 Å². The van der Waals surface area contributed by atoms with Crippen molar-refractivity contribution in [3.63, 3.8) is 0 Å². The maximum absolute atomic E-state index is 6.10. The zero-order chi connectivity index (χ0) is 14.7. The van der Waals surface area contributed by atoms with Crippen LogP contribution in [0.2, 0.25) is 10.0 Å². The van der Waals surface area contributed by atoms with Gasteiger partial charge in [0.15, 0.2) is 5.75 Å². The number of hydrogen-bond donors (Lipinski definition) is 0. The third-order valence-electron chi connectivity index (χ3n) is 3.15. The average Bonchev–Trinajstić information content (AvgIpc) is 2.40. The molecule has 0 spiro atoms. The Morgan fingerprint density at radius 2 is 1.75 bits per heavy atom. The third-order valence-corrected chi connectivity index (χ3v) is 3.71. The Kier molecular flexibility index (Phi) is 4.69. The molecule has 0 saturated carbocycles. The monoisotopic (exact) mass is 307 g/mol. The topological polar surface area (TPSA) is 21.6 Å². The summed E-state index contributed by atoms with van der Waals surface area (Å²) in [5.74, 6) is 0.484. The molecule has 20 heavy (non-hydrogen) atoms. The summed E-state index contributed by atoms with van der Waals surface area (Å²) in [6.07, 6.45) is 1.75. The molecule has 0 atom stereocenters. The summed E-state index contributed by atoms with van der Waals surface area (Å²) >= 11 is 12.2. The first-order valence-corrected chi connectivity index (χ1v) is 6.92. The smallest absolute Gasteiger partial charge is 0.156 e. The van der Waals surface area contributed by atoms with Gasteiger partial charge < -0.3 is 4.74 Å². The van der Waals surface area contributed by atoms with Crippen LogP contribution in [0.3, 0.4) is 0 Å². The van der Waals surface area contributed by atoms with Crippen molar-refractivity contribution in [1.82, 2.24) is 0 Å². The fourth-order valence-corrected chi connectivity index (χ4v) is 2.53. The zero-order valence-corrected chi connectivity index (χ0v) is 13.1. The third kappa shape index (κ3) is 3.14. The first-order valence-electron chi connectivity index (χ1n) is 6.16. The zero-order valence-electron chi connectivity index (χ0n) is 11.6. The summed E-state index contributed by atoms with van der Waals surface area (Å²) in [5.41, 5.74) is 4.15. The van der Waals surface area contributed by atoms with E-state index in [0.717, 1.165) is 16.8 Å². The molecular weight excluding hydrogens is 293 g/mol. The second kappa shape index (κ2) is 6.29. The maximum Gasteiger partial charge on any atom is 0.156 e. The number of benzene rings is 2. The molecule has 0 aliphatic heterocycles. The molecule has 0 bridgehead atoms. The lowest BCUT2D eigenvalue weighted by molar-refractivity contribution is 0.415. The molecule has 0 amide bonds. The molecule has 0 saturated heterocycles. The molecule has 0 unspecified atom stereocenters. The molecule has 0 aromatic heterocycles. The van der Waals surface area contributed by atoms with Crippen LogP contribution in [0.5, 0.6) is 5.75 Å². The van der Waals surface area contributed by atoms with Crippen LogP contribution in [0.25, 0.3) is 0 Å². The number of methoxy groups -OCH3 is 1. The van der Waals surface area contributed by atoms with Crippen LogP contribution in [-0.4, -0.2) is 13.3 Å². The minimum Gasteiger partial charge on any atom is -0.494 e. The summed E-state index contributed by atoms with van der Waals surface area (Å²) in [6.45, 7) is 4.12. The molecule has 104 valence electrons. The van der Waals surface area contributed by atoms with Gasteiger partial charge in [-0.25, -0.2) is 0 Å². The van der Waals surface area contributed by atoms with Crippen LogP contribution < -0.4 is 4.74 Å². The van der Waals surface area contributed by atoms with Gasteiger partial charge in [-0.05, 0) is 48.7 Å². The van der Waals surface area contributed by atoms with E-state index in [1.807, 2.05) is 12.1 Å². The van der Waals surface area contributed by atoms with Crippen molar-refractivity contribution in [2.24, 2.45) is 4.99 Å². The fourth-order valence-electron chi connectivity index (χ4n) is 1.87. The molecule has 2 aromatic rings. The van der Waals surface area contributed by atoms with E-state index >= 15 is 0 Å². The van der Waals surface area contributed by atoms with Crippen LogP contribution in [0, 0.1) is 13.8 Å². The van der Waals surface area contributed by atoms with Gasteiger partial charge in [0.1, 0.15) is 0 Å².